The molecule has 3 atom stereocenters. The van der Waals surface area contributed by atoms with Crippen molar-refractivity contribution in [1.29, 1.82) is 0 Å². The molecule has 1 heteroatoms. The standard InChI is InChI=1S/C10H22O/c1-5-7-9(4)10(11)8(3)6-2/h8-11H,5-7H2,1-4H3/t8-,9+,10-/m1/s1. The fourth-order valence-electron chi connectivity index (χ4n) is 1.43. The second-order valence-corrected chi connectivity index (χ2v) is 3.64. The molecule has 0 rings (SSSR count). The van der Waals surface area contributed by atoms with Gasteiger partial charge in [0.25, 0.3) is 0 Å². The molecule has 0 fully saturated rings. The van der Waals surface area contributed by atoms with Crippen molar-refractivity contribution in [1.82, 2.24) is 0 Å². The van der Waals surface area contributed by atoms with E-state index in [0.29, 0.717) is 11.8 Å². The van der Waals surface area contributed by atoms with Gasteiger partial charge in [0.15, 0.2) is 0 Å². The average molecular weight is 158 g/mol. The van der Waals surface area contributed by atoms with Crippen molar-refractivity contribution in [2.75, 3.05) is 0 Å². The van der Waals surface area contributed by atoms with Gasteiger partial charge in [-0.25, -0.2) is 0 Å². The Balaban J connectivity index is 3.70. The molecule has 0 unspecified atom stereocenters. The molecule has 11 heavy (non-hydrogen) atoms. The maximum Gasteiger partial charge on any atom is 0.0591 e. The second kappa shape index (κ2) is 5.59. The van der Waals surface area contributed by atoms with Gasteiger partial charge >= 0.3 is 0 Å². The first kappa shape index (κ1) is 11.0. The number of rotatable bonds is 5. The summed E-state index contributed by atoms with van der Waals surface area (Å²) in [4.78, 5) is 0. The Labute approximate surface area is 70.8 Å². The summed E-state index contributed by atoms with van der Waals surface area (Å²) < 4.78 is 0. The second-order valence-electron chi connectivity index (χ2n) is 3.64. The first-order valence-electron chi connectivity index (χ1n) is 4.81. The molecule has 0 radical (unpaired) electrons. The van der Waals surface area contributed by atoms with E-state index in [1.807, 2.05) is 0 Å². The first-order chi connectivity index (χ1) is 5.13. The number of hydrogen-bond acceptors (Lipinski definition) is 1. The van der Waals surface area contributed by atoms with Crippen LogP contribution in [0.25, 0.3) is 0 Å². The molecule has 0 spiro atoms. The Morgan fingerprint density at radius 3 is 2.00 bits per heavy atom. The van der Waals surface area contributed by atoms with Crippen LogP contribution in [0.1, 0.15) is 47.0 Å². The topological polar surface area (TPSA) is 20.2 Å². The summed E-state index contributed by atoms with van der Waals surface area (Å²) in [7, 11) is 0. The van der Waals surface area contributed by atoms with Gasteiger partial charge in [-0.3, -0.25) is 0 Å². The van der Waals surface area contributed by atoms with Crippen molar-refractivity contribution in [2.24, 2.45) is 11.8 Å². The summed E-state index contributed by atoms with van der Waals surface area (Å²) in [6.07, 6.45) is 3.30. The highest BCUT2D eigenvalue weighted by molar-refractivity contribution is 4.69. The molecule has 0 aliphatic carbocycles. The molecule has 0 bridgehead atoms. The highest BCUT2D eigenvalue weighted by Crippen LogP contribution is 2.19. The maximum absolute atomic E-state index is 9.72. The zero-order valence-corrected chi connectivity index (χ0v) is 8.30. The normalized spacial score (nSPS) is 19.4. The monoisotopic (exact) mass is 158 g/mol. The third-order valence-corrected chi connectivity index (χ3v) is 2.55. The van der Waals surface area contributed by atoms with E-state index in [2.05, 4.69) is 27.7 Å². The van der Waals surface area contributed by atoms with E-state index in [-0.39, 0.29) is 6.10 Å². The minimum Gasteiger partial charge on any atom is -0.393 e. The van der Waals surface area contributed by atoms with Gasteiger partial charge in [0.2, 0.25) is 0 Å². The lowest BCUT2D eigenvalue weighted by Crippen LogP contribution is -2.24. The molecule has 68 valence electrons. The molecule has 1 nitrogen and oxygen atoms in total. The van der Waals surface area contributed by atoms with Gasteiger partial charge in [0.1, 0.15) is 0 Å². The van der Waals surface area contributed by atoms with Gasteiger partial charge in [-0.2, -0.15) is 0 Å². The number of hydrogen-bond donors (Lipinski definition) is 1. The Bertz CT molecular complexity index is 90.9. The van der Waals surface area contributed by atoms with Crippen molar-refractivity contribution >= 4 is 0 Å². The van der Waals surface area contributed by atoms with Crippen LogP contribution in [0.4, 0.5) is 0 Å². The van der Waals surface area contributed by atoms with E-state index in [1.54, 1.807) is 0 Å². The molecular weight excluding hydrogens is 136 g/mol. The molecule has 0 aromatic heterocycles. The third kappa shape index (κ3) is 3.76. The van der Waals surface area contributed by atoms with Gasteiger partial charge in [-0.05, 0) is 18.3 Å². The molecule has 0 aliphatic heterocycles. The largest absolute Gasteiger partial charge is 0.393 e. The van der Waals surface area contributed by atoms with Crippen LogP contribution in [0, 0.1) is 11.8 Å². The van der Waals surface area contributed by atoms with Gasteiger partial charge < -0.3 is 5.11 Å². The first-order valence-corrected chi connectivity index (χ1v) is 4.81. The van der Waals surface area contributed by atoms with E-state index in [4.69, 9.17) is 0 Å². The summed E-state index contributed by atoms with van der Waals surface area (Å²) >= 11 is 0. The van der Waals surface area contributed by atoms with Crippen LogP contribution in [0.15, 0.2) is 0 Å². The van der Waals surface area contributed by atoms with Crippen LogP contribution in [0.5, 0.6) is 0 Å². The fraction of sp³-hybridized carbons (Fsp3) is 1.00. The third-order valence-electron chi connectivity index (χ3n) is 2.55. The quantitative estimate of drug-likeness (QED) is 0.652. The molecule has 0 amide bonds. The highest BCUT2D eigenvalue weighted by atomic mass is 16.3. The molecule has 0 saturated heterocycles. The zero-order valence-electron chi connectivity index (χ0n) is 8.30. The van der Waals surface area contributed by atoms with Crippen molar-refractivity contribution in [2.45, 2.75) is 53.1 Å². The van der Waals surface area contributed by atoms with Crippen LogP contribution in [-0.4, -0.2) is 11.2 Å². The number of aliphatic hydroxyl groups is 1. The van der Waals surface area contributed by atoms with E-state index in [9.17, 15) is 5.11 Å². The lowest BCUT2D eigenvalue weighted by atomic mass is 9.89. The average Bonchev–Trinajstić information content (AvgIpc) is 2.02. The van der Waals surface area contributed by atoms with Crippen LogP contribution >= 0.6 is 0 Å². The molecule has 0 aromatic rings. The number of aliphatic hydroxyl groups excluding tert-OH is 1. The van der Waals surface area contributed by atoms with Crippen molar-refractivity contribution in [3.8, 4) is 0 Å². The minimum absolute atomic E-state index is 0.0973. The summed E-state index contributed by atoms with van der Waals surface area (Å²) in [5.74, 6) is 0.923. The molecule has 0 aromatic carbocycles. The van der Waals surface area contributed by atoms with Crippen molar-refractivity contribution in [3.63, 3.8) is 0 Å². The van der Waals surface area contributed by atoms with Crippen LogP contribution < -0.4 is 0 Å². The van der Waals surface area contributed by atoms with Gasteiger partial charge in [0, 0.05) is 0 Å². The molecular formula is C10H22O. The summed E-state index contributed by atoms with van der Waals surface area (Å²) in [6, 6.07) is 0. The van der Waals surface area contributed by atoms with Gasteiger partial charge in [-0.15, -0.1) is 0 Å². The maximum atomic E-state index is 9.72. The van der Waals surface area contributed by atoms with Crippen LogP contribution in [-0.2, 0) is 0 Å². The molecule has 0 heterocycles. The van der Waals surface area contributed by atoms with Crippen molar-refractivity contribution < 1.29 is 5.11 Å². The smallest absolute Gasteiger partial charge is 0.0591 e. The predicted octanol–water partition coefficient (Wildman–Crippen LogP) is 2.83. The Hall–Kier alpha value is -0.0400. The van der Waals surface area contributed by atoms with Crippen LogP contribution in [0.3, 0.4) is 0 Å². The van der Waals surface area contributed by atoms with E-state index >= 15 is 0 Å². The lowest BCUT2D eigenvalue weighted by molar-refractivity contribution is 0.0593. The summed E-state index contributed by atoms with van der Waals surface area (Å²) in [5, 5.41) is 9.72. The predicted molar refractivity (Wildman–Crippen MR) is 49.5 cm³/mol. The summed E-state index contributed by atoms with van der Waals surface area (Å²) in [5.41, 5.74) is 0. The molecule has 0 saturated carbocycles. The SMILES string of the molecule is CCC[C@H](C)[C@H](O)[C@H](C)CC. The van der Waals surface area contributed by atoms with E-state index < -0.39 is 0 Å². The zero-order chi connectivity index (χ0) is 8.85. The van der Waals surface area contributed by atoms with Crippen LogP contribution in [0.2, 0.25) is 0 Å². The van der Waals surface area contributed by atoms with E-state index in [0.717, 1.165) is 12.8 Å². The fourth-order valence-corrected chi connectivity index (χ4v) is 1.43. The van der Waals surface area contributed by atoms with Crippen molar-refractivity contribution in [3.05, 3.63) is 0 Å². The Morgan fingerprint density at radius 1 is 1.09 bits per heavy atom. The lowest BCUT2D eigenvalue weighted by Gasteiger charge is -2.23. The molecule has 0 aliphatic rings. The van der Waals surface area contributed by atoms with Gasteiger partial charge in [-0.1, -0.05) is 40.5 Å². The summed E-state index contributed by atoms with van der Waals surface area (Å²) in [6.45, 7) is 8.56. The Kier molecular flexibility index (Phi) is 5.57. The molecule has 1 N–H and O–H groups in total. The van der Waals surface area contributed by atoms with E-state index in [1.165, 1.54) is 6.42 Å². The highest BCUT2D eigenvalue weighted by Gasteiger charge is 2.18. The Morgan fingerprint density at radius 2 is 1.64 bits per heavy atom. The van der Waals surface area contributed by atoms with Gasteiger partial charge in [0.05, 0.1) is 6.10 Å². The minimum atomic E-state index is -0.0973.